The molecule has 5 atom stereocenters. The van der Waals surface area contributed by atoms with Crippen LogP contribution >= 0.6 is 23.1 Å². The van der Waals surface area contributed by atoms with E-state index >= 15 is 0 Å². The summed E-state index contributed by atoms with van der Waals surface area (Å²) in [5, 5.41) is 3.07. The highest BCUT2D eigenvalue weighted by Gasteiger charge is 2.55. The molecule has 2 aliphatic carbocycles. The Morgan fingerprint density at radius 1 is 0.900 bits per heavy atom. The van der Waals surface area contributed by atoms with Crippen molar-refractivity contribution in [3.63, 3.8) is 0 Å². The summed E-state index contributed by atoms with van der Waals surface area (Å²) in [7, 11) is 0. The average Bonchev–Trinajstić information content (AvgIpc) is 3.54. The van der Waals surface area contributed by atoms with Crippen LogP contribution in [0.15, 0.2) is 64.4 Å². The van der Waals surface area contributed by atoms with Crippen LogP contribution in [-0.2, 0) is 0 Å². The second-order valence-corrected chi connectivity index (χ2v) is 11.2. The molecule has 0 unspecified atom stereocenters. The van der Waals surface area contributed by atoms with Crippen molar-refractivity contribution >= 4 is 34.0 Å². The highest BCUT2D eigenvalue weighted by Crippen LogP contribution is 2.64. The lowest BCUT2D eigenvalue weighted by Crippen LogP contribution is -2.33. The minimum Gasteiger partial charge on any atom is -0.354 e. The van der Waals surface area contributed by atoms with Crippen molar-refractivity contribution in [1.29, 1.82) is 0 Å². The first kappa shape index (κ1) is 17.4. The van der Waals surface area contributed by atoms with Crippen LogP contribution in [0.2, 0.25) is 0 Å². The smallest absolute Gasteiger partial charge is 0.305 e. The second-order valence-electron chi connectivity index (χ2n) is 9.00. The van der Waals surface area contributed by atoms with Gasteiger partial charge in [-0.15, -0.1) is 11.8 Å². The van der Waals surface area contributed by atoms with Crippen molar-refractivity contribution in [2.75, 3.05) is 0 Å². The van der Waals surface area contributed by atoms with Crippen molar-refractivity contribution in [3.8, 4) is 11.3 Å². The molecule has 7 rings (SSSR count). The van der Waals surface area contributed by atoms with Gasteiger partial charge in [-0.1, -0.05) is 59.9 Å². The molecule has 3 aliphatic rings. The lowest BCUT2D eigenvalue weighted by Gasteiger charge is -2.40. The molecule has 0 saturated heterocycles. The highest BCUT2D eigenvalue weighted by molar-refractivity contribution is 8.00. The van der Waals surface area contributed by atoms with Crippen LogP contribution < -0.4 is 4.87 Å². The Hall–Kier alpha value is -2.24. The minimum absolute atomic E-state index is 0.0888. The Labute approximate surface area is 182 Å². The van der Waals surface area contributed by atoms with Crippen molar-refractivity contribution in [1.82, 2.24) is 9.97 Å². The van der Waals surface area contributed by atoms with Gasteiger partial charge < -0.3 is 9.97 Å². The molecule has 2 N–H and O–H groups in total. The average molecular weight is 431 g/mol. The number of rotatable bonds is 2. The van der Waals surface area contributed by atoms with E-state index in [0.717, 1.165) is 16.9 Å². The van der Waals surface area contributed by atoms with E-state index < -0.39 is 0 Å². The maximum Gasteiger partial charge on any atom is 0.305 e. The molecule has 2 fully saturated rings. The Kier molecular flexibility index (Phi) is 3.71. The quantitative estimate of drug-likeness (QED) is 0.396. The molecular formula is C25H22N2OS2. The van der Waals surface area contributed by atoms with Crippen LogP contribution in [0.5, 0.6) is 0 Å². The summed E-state index contributed by atoms with van der Waals surface area (Å²) in [5.74, 6) is 2.49. The number of fused-ring (bicyclic) bond motifs is 7. The largest absolute Gasteiger partial charge is 0.354 e. The number of hydrogen-bond acceptors (Lipinski definition) is 3. The van der Waals surface area contributed by atoms with Crippen molar-refractivity contribution < 1.29 is 0 Å². The van der Waals surface area contributed by atoms with E-state index in [1.165, 1.54) is 63.2 Å². The molecule has 0 spiro atoms. The lowest BCUT2D eigenvalue weighted by atomic mass is 9.73. The molecule has 4 aromatic rings. The van der Waals surface area contributed by atoms with E-state index in [1.807, 2.05) is 11.8 Å². The molecule has 30 heavy (non-hydrogen) atoms. The minimum atomic E-state index is 0.0888. The van der Waals surface area contributed by atoms with Crippen LogP contribution in [-0.4, -0.2) is 15.2 Å². The van der Waals surface area contributed by atoms with Crippen LogP contribution in [0, 0.1) is 17.8 Å². The van der Waals surface area contributed by atoms with E-state index in [0.29, 0.717) is 11.2 Å². The molecule has 3 heterocycles. The van der Waals surface area contributed by atoms with Crippen LogP contribution in [0.4, 0.5) is 0 Å². The second kappa shape index (κ2) is 6.38. The van der Waals surface area contributed by atoms with Crippen LogP contribution in [0.3, 0.4) is 0 Å². The van der Waals surface area contributed by atoms with Gasteiger partial charge in [0.15, 0.2) is 0 Å². The van der Waals surface area contributed by atoms with Crippen molar-refractivity contribution in [2.45, 2.75) is 35.5 Å². The zero-order valence-corrected chi connectivity index (χ0v) is 18.1. The standard InChI is InChI=1S/C25H22N2OS2/c28-25-27-24-23(30-25)20(18-14-10-11-15(12-14)22(18)29-24)19-16-8-4-5-9-17(16)26-21(19)13-6-2-1-3-7-13/h1-9,14-15,18,20,22,26H,10-12H2,(H,27,28)/t14-,15-,18-,20-,22-/m0/s1. The monoisotopic (exact) mass is 430 g/mol. The predicted molar refractivity (Wildman–Crippen MR) is 124 cm³/mol. The van der Waals surface area contributed by atoms with Gasteiger partial charge in [-0.2, -0.15) is 0 Å². The van der Waals surface area contributed by atoms with Gasteiger partial charge in [-0.3, -0.25) is 4.79 Å². The molecule has 2 saturated carbocycles. The molecule has 2 bridgehead atoms. The number of thiazole rings is 1. The fourth-order valence-electron chi connectivity index (χ4n) is 6.49. The van der Waals surface area contributed by atoms with Gasteiger partial charge in [-0.25, -0.2) is 0 Å². The summed E-state index contributed by atoms with van der Waals surface area (Å²) in [6, 6.07) is 19.4. The number of para-hydroxylation sites is 1. The topological polar surface area (TPSA) is 48.6 Å². The maximum absolute atomic E-state index is 12.4. The van der Waals surface area contributed by atoms with E-state index in [1.54, 1.807) is 0 Å². The van der Waals surface area contributed by atoms with Gasteiger partial charge in [0.05, 0.1) is 10.7 Å². The molecule has 5 heteroatoms. The van der Waals surface area contributed by atoms with Gasteiger partial charge in [0.2, 0.25) is 0 Å². The fraction of sp³-hybridized carbons (Fsp3) is 0.320. The molecule has 150 valence electrons. The third-order valence-electron chi connectivity index (χ3n) is 7.59. The number of thioether (sulfide) groups is 1. The molecule has 2 aromatic carbocycles. The normalized spacial score (nSPS) is 29.3. The summed E-state index contributed by atoms with van der Waals surface area (Å²) in [6.07, 6.45) is 4.07. The summed E-state index contributed by atoms with van der Waals surface area (Å²) >= 11 is 3.40. The third-order valence-corrected chi connectivity index (χ3v) is 10.2. The first-order chi connectivity index (χ1) is 14.8. The Morgan fingerprint density at radius 2 is 1.70 bits per heavy atom. The number of benzene rings is 2. The van der Waals surface area contributed by atoms with Gasteiger partial charge in [0, 0.05) is 26.9 Å². The zero-order chi connectivity index (χ0) is 19.8. The molecular weight excluding hydrogens is 408 g/mol. The number of nitrogens with one attached hydrogen (secondary N) is 2. The van der Waals surface area contributed by atoms with Crippen LogP contribution in [0.25, 0.3) is 22.2 Å². The number of aromatic nitrogens is 2. The van der Waals surface area contributed by atoms with Crippen LogP contribution in [0.1, 0.15) is 35.6 Å². The van der Waals surface area contributed by atoms with E-state index in [9.17, 15) is 4.79 Å². The first-order valence-electron chi connectivity index (χ1n) is 10.8. The Bertz CT molecular complexity index is 1320. The molecule has 1 aliphatic heterocycles. The van der Waals surface area contributed by atoms with Gasteiger partial charge in [0.1, 0.15) is 0 Å². The predicted octanol–water partition coefficient (Wildman–Crippen LogP) is 6.24. The van der Waals surface area contributed by atoms with Crippen molar-refractivity contribution in [3.05, 3.63) is 74.7 Å². The number of hydrogen-bond donors (Lipinski definition) is 2. The van der Waals surface area contributed by atoms with E-state index in [-0.39, 0.29) is 10.8 Å². The highest BCUT2D eigenvalue weighted by atomic mass is 32.2. The molecule has 0 radical (unpaired) electrons. The summed E-state index contributed by atoms with van der Waals surface area (Å²) in [4.78, 5) is 20.7. The summed E-state index contributed by atoms with van der Waals surface area (Å²) in [6.45, 7) is 0. The zero-order valence-electron chi connectivity index (χ0n) is 16.4. The van der Waals surface area contributed by atoms with Gasteiger partial charge in [0.25, 0.3) is 0 Å². The van der Waals surface area contributed by atoms with Gasteiger partial charge in [-0.05, 0) is 54.2 Å². The SMILES string of the molecule is O=c1[nH]c2c(s1)[C@H](c1c(-c3ccccc3)[nH]c3ccccc13)[C@@H]1[C@H]3CC[C@@H](C3)[C@@H]1S2. The molecule has 2 aromatic heterocycles. The first-order valence-corrected chi connectivity index (χ1v) is 12.5. The number of aromatic amines is 2. The maximum atomic E-state index is 12.4. The van der Waals surface area contributed by atoms with Crippen molar-refractivity contribution in [2.24, 2.45) is 17.8 Å². The van der Waals surface area contributed by atoms with Gasteiger partial charge >= 0.3 is 4.87 Å². The molecule has 3 nitrogen and oxygen atoms in total. The number of H-pyrrole nitrogens is 2. The summed E-state index contributed by atoms with van der Waals surface area (Å²) < 4.78 is 0. The lowest BCUT2D eigenvalue weighted by molar-refractivity contribution is 0.309. The Balaban J connectivity index is 1.54. The molecule has 0 amide bonds. The van der Waals surface area contributed by atoms with E-state index in [2.05, 4.69) is 64.6 Å². The summed E-state index contributed by atoms with van der Waals surface area (Å²) in [5.41, 5.74) is 5.04. The fourth-order valence-corrected chi connectivity index (χ4v) is 9.37. The van der Waals surface area contributed by atoms with E-state index in [4.69, 9.17) is 0 Å². The third kappa shape index (κ3) is 2.36. The Morgan fingerprint density at radius 3 is 2.60 bits per heavy atom.